The van der Waals surface area contributed by atoms with E-state index >= 15 is 0 Å². The first-order valence-corrected chi connectivity index (χ1v) is 6.97. The first-order chi connectivity index (χ1) is 8.30. The Labute approximate surface area is 115 Å². The number of aryl methyl sites for hydroxylation is 1. The third kappa shape index (κ3) is 2.56. The van der Waals surface area contributed by atoms with Crippen LogP contribution in [0.1, 0.15) is 44.4 Å². The fourth-order valence-electron chi connectivity index (χ4n) is 2.79. The number of halogens is 1. The summed E-state index contributed by atoms with van der Waals surface area (Å²) in [6, 6.07) is 6.80. The minimum atomic E-state index is 0.135. The van der Waals surface area contributed by atoms with Gasteiger partial charge in [0.05, 0.1) is 6.04 Å². The second-order valence-corrected chi connectivity index (χ2v) is 6.68. The van der Waals surface area contributed by atoms with Crippen LogP contribution in [0, 0.1) is 6.92 Å². The molecule has 100 valence electrons. The van der Waals surface area contributed by atoms with Crippen molar-refractivity contribution in [2.75, 3.05) is 6.54 Å². The number of benzene rings is 1. The first kappa shape index (κ1) is 13.9. The van der Waals surface area contributed by atoms with Crippen LogP contribution < -0.4 is 5.73 Å². The maximum atomic E-state index is 6.30. The molecule has 0 saturated carbocycles. The summed E-state index contributed by atoms with van der Waals surface area (Å²) in [5.74, 6) is 0. The molecular formula is C15H23ClN2. The van der Waals surface area contributed by atoms with Gasteiger partial charge in [-0.15, -0.1) is 0 Å². The number of nitrogens with zero attached hydrogens (tertiary/aromatic N) is 1. The van der Waals surface area contributed by atoms with Gasteiger partial charge in [0.15, 0.2) is 0 Å². The van der Waals surface area contributed by atoms with Crippen molar-refractivity contribution in [2.45, 2.75) is 51.7 Å². The van der Waals surface area contributed by atoms with E-state index in [1.807, 2.05) is 6.92 Å². The fraction of sp³-hybridized carbons (Fsp3) is 0.600. The molecule has 0 radical (unpaired) electrons. The van der Waals surface area contributed by atoms with Crippen LogP contribution in [-0.2, 0) is 0 Å². The van der Waals surface area contributed by atoms with Crippen LogP contribution in [0.15, 0.2) is 18.2 Å². The van der Waals surface area contributed by atoms with Crippen molar-refractivity contribution in [3.05, 3.63) is 34.3 Å². The molecule has 0 aliphatic carbocycles. The lowest BCUT2D eigenvalue weighted by Gasteiger charge is -2.38. The van der Waals surface area contributed by atoms with Gasteiger partial charge in [-0.3, -0.25) is 4.90 Å². The molecule has 1 aromatic rings. The predicted octanol–water partition coefficient (Wildman–Crippen LogP) is 3.52. The molecule has 1 saturated heterocycles. The van der Waals surface area contributed by atoms with Crippen LogP contribution in [0.5, 0.6) is 0 Å². The third-order valence-electron chi connectivity index (χ3n) is 3.84. The molecule has 2 atom stereocenters. The van der Waals surface area contributed by atoms with Gasteiger partial charge in [-0.05, 0) is 51.3 Å². The summed E-state index contributed by atoms with van der Waals surface area (Å²) in [7, 11) is 0. The Kier molecular flexibility index (Phi) is 3.72. The lowest BCUT2D eigenvalue weighted by molar-refractivity contribution is 0.117. The van der Waals surface area contributed by atoms with E-state index in [-0.39, 0.29) is 17.6 Å². The highest BCUT2D eigenvalue weighted by Crippen LogP contribution is 2.37. The number of nitrogens with two attached hydrogens (primary N) is 1. The topological polar surface area (TPSA) is 29.3 Å². The van der Waals surface area contributed by atoms with Gasteiger partial charge in [0, 0.05) is 23.1 Å². The molecule has 1 aliphatic heterocycles. The second-order valence-electron chi connectivity index (χ2n) is 6.27. The summed E-state index contributed by atoms with van der Waals surface area (Å²) < 4.78 is 0. The molecule has 0 amide bonds. The maximum absolute atomic E-state index is 6.30. The highest BCUT2D eigenvalue weighted by atomic mass is 35.5. The Morgan fingerprint density at radius 1 is 1.33 bits per heavy atom. The molecule has 2 N–H and O–H groups in total. The van der Waals surface area contributed by atoms with E-state index in [4.69, 9.17) is 17.3 Å². The highest BCUT2D eigenvalue weighted by molar-refractivity contribution is 6.31. The molecular weight excluding hydrogens is 244 g/mol. The number of rotatable bonds is 1. The maximum Gasteiger partial charge on any atom is 0.0505 e. The van der Waals surface area contributed by atoms with Gasteiger partial charge in [0.25, 0.3) is 0 Å². The van der Waals surface area contributed by atoms with E-state index in [2.05, 4.69) is 43.9 Å². The largest absolute Gasteiger partial charge is 0.326 e. The molecule has 1 aromatic carbocycles. The van der Waals surface area contributed by atoms with E-state index in [0.29, 0.717) is 0 Å². The van der Waals surface area contributed by atoms with Crippen molar-refractivity contribution in [3.8, 4) is 0 Å². The summed E-state index contributed by atoms with van der Waals surface area (Å²) in [5.41, 5.74) is 8.80. The van der Waals surface area contributed by atoms with Gasteiger partial charge >= 0.3 is 0 Å². The van der Waals surface area contributed by atoms with Crippen molar-refractivity contribution in [1.82, 2.24) is 4.90 Å². The molecule has 1 fully saturated rings. The Balaban J connectivity index is 2.37. The van der Waals surface area contributed by atoms with Crippen LogP contribution in [0.4, 0.5) is 0 Å². The van der Waals surface area contributed by atoms with Gasteiger partial charge in [-0.2, -0.15) is 0 Å². The molecule has 2 unspecified atom stereocenters. The zero-order valence-electron chi connectivity index (χ0n) is 11.7. The summed E-state index contributed by atoms with van der Waals surface area (Å²) in [4.78, 5) is 2.48. The minimum absolute atomic E-state index is 0.135. The Bertz CT molecular complexity index is 437. The van der Waals surface area contributed by atoms with Gasteiger partial charge < -0.3 is 5.73 Å². The van der Waals surface area contributed by atoms with Gasteiger partial charge in [-0.1, -0.05) is 23.7 Å². The summed E-state index contributed by atoms with van der Waals surface area (Å²) in [6.07, 6.45) is 1.05. The first-order valence-electron chi connectivity index (χ1n) is 6.59. The van der Waals surface area contributed by atoms with Crippen molar-refractivity contribution in [1.29, 1.82) is 0 Å². The Morgan fingerprint density at radius 2 is 2.00 bits per heavy atom. The highest BCUT2D eigenvalue weighted by Gasteiger charge is 2.38. The van der Waals surface area contributed by atoms with Crippen LogP contribution in [-0.4, -0.2) is 23.0 Å². The Hall–Kier alpha value is -0.570. The lowest BCUT2D eigenvalue weighted by atomic mass is 9.96. The monoisotopic (exact) mass is 266 g/mol. The molecule has 0 spiro atoms. The van der Waals surface area contributed by atoms with Gasteiger partial charge in [0.2, 0.25) is 0 Å². The molecule has 2 rings (SSSR count). The molecule has 18 heavy (non-hydrogen) atoms. The standard InChI is InChI=1S/C15H23ClN2/c1-10-5-6-11(9-12(10)16)14-13(17)7-8-18(14)15(2,3)4/h5-6,9,13-14H,7-8,17H2,1-4H3. The average molecular weight is 267 g/mol. The quantitative estimate of drug-likeness (QED) is 0.843. The van der Waals surface area contributed by atoms with E-state index in [0.717, 1.165) is 23.6 Å². The molecule has 1 heterocycles. The average Bonchev–Trinajstić information content (AvgIpc) is 2.64. The van der Waals surface area contributed by atoms with Crippen molar-refractivity contribution < 1.29 is 0 Å². The summed E-state index contributed by atoms with van der Waals surface area (Å²) >= 11 is 6.24. The van der Waals surface area contributed by atoms with Crippen LogP contribution in [0.25, 0.3) is 0 Å². The molecule has 0 aromatic heterocycles. The smallest absolute Gasteiger partial charge is 0.0505 e. The summed E-state index contributed by atoms with van der Waals surface area (Å²) in [5, 5.41) is 0.834. The zero-order chi connectivity index (χ0) is 13.5. The molecule has 1 aliphatic rings. The minimum Gasteiger partial charge on any atom is -0.326 e. The van der Waals surface area contributed by atoms with Gasteiger partial charge in [0.1, 0.15) is 0 Å². The third-order valence-corrected chi connectivity index (χ3v) is 4.25. The fourth-order valence-corrected chi connectivity index (χ4v) is 2.98. The number of hydrogen-bond donors (Lipinski definition) is 1. The number of hydrogen-bond acceptors (Lipinski definition) is 2. The predicted molar refractivity (Wildman–Crippen MR) is 78.0 cm³/mol. The van der Waals surface area contributed by atoms with Gasteiger partial charge in [-0.25, -0.2) is 0 Å². The second kappa shape index (κ2) is 4.84. The van der Waals surface area contributed by atoms with Crippen LogP contribution in [0.3, 0.4) is 0 Å². The van der Waals surface area contributed by atoms with Crippen LogP contribution in [0.2, 0.25) is 5.02 Å². The molecule has 2 nitrogen and oxygen atoms in total. The lowest BCUT2D eigenvalue weighted by Crippen LogP contribution is -2.43. The molecule has 0 bridgehead atoms. The van der Waals surface area contributed by atoms with Crippen LogP contribution >= 0.6 is 11.6 Å². The normalized spacial score (nSPS) is 25.7. The summed E-state index contributed by atoms with van der Waals surface area (Å²) in [6.45, 7) is 9.82. The van der Waals surface area contributed by atoms with Crippen molar-refractivity contribution in [2.24, 2.45) is 5.73 Å². The number of likely N-dealkylation sites (tertiary alicyclic amines) is 1. The van der Waals surface area contributed by atoms with Crippen molar-refractivity contribution in [3.63, 3.8) is 0 Å². The van der Waals surface area contributed by atoms with Crippen molar-refractivity contribution >= 4 is 11.6 Å². The van der Waals surface area contributed by atoms with E-state index in [9.17, 15) is 0 Å². The SMILES string of the molecule is Cc1ccc(C2C(N)CCN2C(C)(C)C)cc1Cl. The molecule has 3 heteroatoms. The van der Waals surface area contributed by atoms with E-state index in [1.165, 1.54) is 5.56 Å². The van der Waals surface area contributed by atoms with E-state index in [1.54, 1.807) is 0 Å². The van der Waals surface area contributed by atoms with E-state index < -0.39 is 0 Å². The Morgan fingerprint density at radius 3 is 2.56 bits per heavy atom. The zero-order valence-corrected chi connectivity index (χ0v) is 12.5.